The van der Waals surface area contributed by atoms with Crippen LogP contribution < -0.4 is 0 Å². The maximum Gasteiger partial charge on any atom is 0.271 e. The van der Waals surface area contributed by atoms with Gasteiger partial charge in [0.1, 0.15) is 0 Å². The largest absolute Gasteiger partial charge is 0.466 e. The minimum Gasteiger partial charge on any atom is -0.466 e. The van der Waals surface area contributed by atoms with Crippen molar-refractivity contribution < 1.29 is 9.47 Å². The predicted molar refractivity (Wildman–Crippen MR) is 34.8 cm³/mol. The Bertz CT molecular complexity index is 109. The molecule has 1 aliphatic rings. The Morgan fingerprint density at radius 2 is 2.33 bits per heavy atom. The highest BCUT2D eigenvalue weighted by atomic mass is 16.7. The minimum absolute atomic E-state index is 0.472. The van der Waals surface area contributed by atoms with Gasteiger partial charge in [0.2, 0.25) is 0 Å². The van der Waals surface area contributed by atoms with Crippen LogP contribution in [0.5, 0.6) is 0 Å². The molecule has 0 N–H and O–H groups in total. The number of ether oxygens (including phenoxy) is 2. The summed E-state index contributed by atoms with van der Waals surface area (Å²) in [5, 5.41) is 0. The number of hydrogen-bond donors (Lipinski definition) is 0. The lowest BCUT2D eigenvalue weighted by molar-refractivity contribution is 0.0600. The molecule has 0 aromatic rings. The van der Waals surface area contributed by atoms with Gasteiger partial charge < -0.3 is 9.47 Å². The molecule has 1 aliphatic heterocycles. The molecule has 0 aromatic heterocycles. The molecule has 9 heavy (non-hydrogen) atoms. The molecule has 0 bridgehead atoms. The van der Waals surface area contributed by atoms with Crippen LogP contribution in [0.25, 0.3) is 0 Å². The molecule has 52 valence electrons. The predicted octanol–water partition coefficient (Wildman–Crippen LogP) is 1.53. The molecule has 1 heterocycles. The maximum atomic E-state index is 5.10. The third-order valence-corrected chi connectivity index (χ3v) is 1.40. The smallest absolute Gasteiger partial charge is 0.271 e. The molecule has 1 saturated heterocycles. The third kappa shape index (κ3) is 1.96. The number of hydrogen-bond acceptors (Lipinski definition) is 2. The quantitative estimate of drug-likeness (QED) is 0.492. The molecule has 1 unspecified atom stereocenters. The van der Waals surface area contributed by atoms with Crippen LogP contribution in [0.1, 0.15) is 13.3 Å². The zero-order valence-electron chi connectivity index (χ0n) is 5.72. The summed E-state index contributed by atoms with van der Waals surface area (Å²) in [4.78, 5) is 0. The molecule has 2 nitrogen and oxygen atoms in total. The molecule has 0 aliphatic carbocycles. The van der Waals surface area contributed by atoms with Crippen molar-refractivity contribution in [2.75, 3.05) is 13.2 Å². The van der Waals surface area contributed by atoms with Crippen molar-refractivity contribution in [2.24, 2.45) is 5.92 Å². The van der Waals surface area contributed by atoms with Crippen LogP contribution in [-0.2, 0) is 9.47 Å². The van der Waals surface area contributed by atoms with E-state index in [4.69, 9.17) is 9.47 Å². The van der Waals surface area contributed by atoms with E-state index in [-0.39, 0.29) is 0 Å². The second-order valence-corrected chi connectivity index (χ2v) is 2.43. The highest BCUT2D eigenvalue weighted by Crippen LogP contribution is 2.11. The van der Waals surface area contributed by atoms with E-state index in [1.165, 1.54) is 0 Å². The lowest BCUT2D eigenvalue weighted by Gasteiger charge is -2.03. The van der Waals surface area contributed by atoms with Gasteiger partial charge >= 0.3 is 0 Å². The molecular formula is C7H12O2. The van der Waals surface area contributed by atoms with E-state index in [1.54, 1.807) is 0 Å². The van der Waals surface area contributed by atoms with Gasteiger partial charge in [0.25, 0.3) is 5.95 Å². The first-order valence-corrected chi connectivity index (χ1v) is 3.23. The Balaban J connectivity index is 2.34. The van der Waals surface area contributed by atoms with Crippen molar-refractivity contribution in [2.45, 2.75) is 13.3 Å². The lowest BCUT2D eigenvalue weighted by atomic mass is 10.1. The van der Waals surface area contributed by atoms with E-state index in [1.807, 2.05) is 0 Å². The zero-order chi connectivity index (χ0) is 6.69. The van der Waals surface area contributed by atoms with Crippen LogP contribution in [0.2, 0.25) is 0 Å². The Morgan fingerprint density at radius 3 is 3.11 bits per heavy atom. The SMILES string of the molecule is C=C1OCCC(C)CO1. The average molecular weight is 128 g/mol. The molecule has 0 spiro atoms. The highest BCUT2D eigenvalue weighted by molar-refractivity contribution is 4.71. The Morgan fingerprint density at radius 1 is 1.56 bits per heavy atom. The van der Waals surface area contributed by atoms with Crippen molar-refractivity contribution in [3.63, 3.8) is 0 Å². The van der Waals surface area contributed by atoms with Crippen LogP contribution in [-0.4, -0.2) is 13.2 Å². The van der Waals surface area contributed by atoms with Gasteiger partial charge in [-0.15, -0.1) is 0 Å². The molecule has 1 rings (SSSR count). The van der Waals surface area contributed by atoms with E-state index >= 15 is 0 Å². The Hall–Kier alpha value is -0.660. The fraction of sp³-hybridized carbons (Fsp3) is 0.714. The van der Waals surface area contributed by atoms with Crippen LogP contribution in [0, 0.1) is 5.92 Å². The Kier molecular flexibility index (Phi) is 1.98. The summed E-state index contributed by atoms with van der Waals surface area (Å²) < 4.78 is 10.2. The first-order chi connectivity index (χ1) is 4.29. The van der Waals surface area contributed by atoms with Gasteiger partial charge in [-0.1, -0.05) is 6.92 Å². The molecule has 2 heteroatoms. The number of rotatable bonds is 0. The lowest BCUT2D eigenvalue weighted by Crippen LogP contribution is -2.00. The van der Waals surface area contributed by atoms with Gasteiger partial charge in [0.05, 0.1) is 13.2 Å². The highest BCUT2D eigenvalue weighted by Gasteiger charge is 2.09. The average Bonchev–Trinajstić information content (AvgIpc) is 1.97. The van der Waals surface area contributed by atoms with Gasteiger partial charge in [-0.25, -0.2) is 0 Å². The molecular weight excluding hydrogens is 116 g/mol. The fourth-order valence-corrected chi connectivity index (χ4v) is 0.734. The van der Waals surface area contributed by atoms with Crippen LogP contribution in [0.15, 0.2) is 12.5 Å². The topological polar surface area (TPSA) is 18.5 Å². The van der Waals surface area contributed by atoms with Crippen molar-refractivity contribution in [1.82, 2.24) is 0 Å². The first kappa shape index (κ1) is 6.46. The zero-order valence-corrected chi connectivity index (χ0v) is 5.72. The molecule has 1 atom stereocenters. The van der Waals surface area contributed by atoms with Crippen molar-refractivity contribution in [3.05, 3.63) is 12.5 Å². The van der Waals surface area contributed by atoms with Crippen molar-refractivity contribution in [1.29, 1.82) is 0 Å². The van der Waals surface area contributed by atoms with E-state index in [0.717, 1.165) is 19.6 Å². The summed E-state index contributed by atoms with van der Waals surface area (Å²) >= 11 is 0. The van der Waals surface area contributed by atoms with E-state index in [0.29, 0.717) is 11.9 Å². The van der Waals surface area contributed by atoms with Crippen molar-refractivity contribution in [3.8, 4) is 0 Å². The first-order valence-electron chi connectivity index (χ1n) is 3.23. The van der Waals surface area contributed by atoms with E-state index in [2.05, 4.69) is 13.5 Å². The van der Waals surface area contributed by atoms with Gasteiger partial charge in [-0.3, -0.25) is 0 Å². The molecule has 0 amide bonds. The normalized spacial score (nSPS) is 28.1. The van der Waals surface area contributed by atoms with E-state index < -0.39 is 0 Å². The van der Waals surface area contributed by atoms with Gasteiger partial charge in [-0.2, -0.15) is 0 Å². The minimum atomic E-state index is 0.472. The van der Waals surface area contributed by atoms with Gasteiger partial charge in [0.15, 0.2) is 0 Å². The van der Waals surface area contributed by atoms with Crippen molar-refractivity contribution >= 4 is 0 Å². The second kappa shape index (κ2) is 2.76. The fourth-order valence-electron chi connectivity index (χ4n) is 0.734. The standard InChI is InChI=1S/C7H12O2/c1-6-3-4-8-7(2)9-5-6/h6H,2-5H2,1H3. The molecule has 0 aromatic carbocycles. The maximum absolute atomic E-state index is 5.10. The molecule has 0 saturated carbocycles. The summed E-state index contributed by atoms with van der Waals surface area (Å²) in [6.07, 6.45) is 1.07. The van der Waals surface area contributed by atoms with Crippen LogP contribution in [0.4, 0.5) is 0 Å². The second-order valence-electron chi connectivity index (χ2n) is 2.43. The van der Waals surface area contributed by atoms with Crippen LogP contribution in [0.3, 0.4) is 0 Å². The summed E-state index contributed by atoms with van der Waals surface area (Å²) in [5.41, 5.74) is 0. The molecule has 0 radical (unpaired) electrons. The Labute approximate surface area is 55.5 Å². The van der Waals surface area contributed by atoms with Crippen LogP contribution >= 0.6 is 0 Å². The van der Waals surface area contributed by atoms with Gasteiger partial charge in [-0.05, 0) is 18.9 Å². The summed E-state index contributed by atoms with van der Waals surface area (Å²) in [6, 6.07) is 0. The third-order valence-electron chi connectivity index (χ3n) is 1.40. The van der Waals surface area contributed by atoms with Gasteiger partial charge in [0, 0.05) is 0 Å². The van der Waals surface area contributed by atoms with E-state index in [9.17, 15) is 0 Å². The molecule has 1 fully saturated rings. The summed E-state index contributed by atoms with van der Waals surface area (Å²) in [5.74, 6) is 1.07. The summed E-state index contributed by atoms with van der Waals surface area (Å²) in [7, 11) is 0. The monoisotopic (exact) mass is 128 g/mol. The summed E-state index contributed by atoms with van der Waals surface area (Å²) in [6.45, 7) is 7.20.